The van der Waals surface area contributed by atoms with E-state index in [9.17, 15) is 0 Å². The maximum atomic E-state index is 3.77. The summed E-state index contributed by atoms with van der Waals surface area (Å²) in [6.07, 6.45) is 5.34. The van der Waals surface area contributed by atoms with Crippen LogP contribution in [0.2, 0.25) is 0 Å². The second kappa shape index (κ2) is 10.6. The van der Waals surface area contributed by atoms with Gasteiger partial charge in [-0.2, -0.15) is 0 Å². The van der Waals surface area contributed by atoms with Crippen LogP contribution in [-0.4, -0.2) is 61.7 Å². The standard InChI is InChI=1S/C17H37N3/c1-5-11-19(7-3)14-10-18-16(4)17-9-8-13-20(15-17)12-6-2/h16-18H,5-15H2,1-4H3. The molecule has 0 aromatic carbocycles. The lowest BCUT2D eigenvalue weighted by Crippen LogP contribution is -2.46. The fraction of sp³-hybridized carbons (Fsp3) is 1.00. The van der Waals surface area contributed by atoms with Gasteiger partial charge in [0, 0.05) is 25.7 Å². The Balaban J connectivity index is 2.22. The first-order valence-corrected chi connectivity index (χ1v) is 8.89. The highest BCUT2D eigenvalue weighted by molar-refractivity contribution is 4.80. The molecule has 1 heterocycles. The molecule has 1 fully saturated rings. The Morgan fingerprint density at radius 1 is 1.20 bits per heavy atom. The smallest absolute Gasteiger partial charge is 0.0107 e. The van der Waals surface area contributed by atoms with E-state index in [0.717, 1.165) is 12.5 Å². The third-order valence-electron chi connectivity index (χ3n) is 4.67. The summed E-state index contributed by atoms with van der Waals surface area (Å²) in [5.74, 6) is 0.844. The average Bonchev–Trinajstić information content (AvgIpc) is 2.47. The number of likely N-dealkylation sites (N-methyl/N-ethyl adjacent to an activating group) is 1. The van der Waals surface area contributed by atoms with Gasteiger partial charge in [-0.3, -0.25) is 0 Å². The molecular formula is C17H37N3. The molecule has 20 heavy (non-hydrogen) atoms. The second-order valence-corrected chi connectivity index (χ2v) is 6.38. The molecule has 0 radical (unpaired) electrons. The first-order valence-electron chi connectivity index (χ1n) is 8.89. The molecule has 0 aliphatic carbocycles. The molecule has 0 aromatic heterocycles. The van der Waals surface area contributed by atoms with Gasteiger partial charge in [-0.15, -0.1) is 0 Å². The minimum Gasteiger partial charge on any atom is -0.313 e. The van der Waals surface area contributed by atoms with E-state index in [4.69, 9.17) is 0 Å². The molecule has 120 valence electrons. The monoisotopic (exact) mass is 283 g/mol. The number of nitrogens with zero attached hydrogens (tertiary/aromatic N) is 2. The highest BCUT2D eigenvalue weighted by Gasteiger charge is 2.23. The molecule has 1 rings (SSSR count). The summed E-state index contributed by atoms with van der Waals surface area (Å²) in [5, 5.41) is 3.77. The van der Waals surface area contributed by atoms with Crippen molar-refractivity contribution >= 4 is 0 Å². The van der Waals surface area contributed by atoms with Crippen LogP contribution in [0.15, 0.2) is 0 Å². The molecule has 2 atom stereocenters. The Bertz CT molecular complexity index is 230. The van der Waals surface area contributed by atoms with Crippen molar-refractivity contribution in [2.24, 2.45) is 5.92 Å². The van der Waals surface area contributed by atoms with E-state index in [0.29, 0.717) is 6.04 Å². The number of hydrogen-bond acceptors (Lipinski definition) is 3. The first-order chi connectivity index (χ1) is 9.71. The zero-order valence-electron chi connectivity index (χ0n) is 14.3. The second-order valence-electron chi connectivity index (χ2n) is 6.38. The van der Waals surface area contributed by atoms with E-state index in [1.165, 1.54) is 65.0 Å². The van der Waals surface area contributed by atoms with Gasteiger partial charge in [0.25, 0.3) is 0 Å². The summed E-state index contributed by atoms with van der Waals surface area (Å²) < 4.78 is 0. The van der Waals surface area contributed by atoms with Crippen LogP contribution in [-0.2, 0) is 0 Å². The highest BCUT2D eigenvalue weighted by atomic mass is 15.1. The molecule has 1 aliphatic rings. The van der Waals surface area contributed by atoms with Crippen molar-refractivity contribution < 1.29 is 0 Å². The Labute approximate surface area is 127 Å². The van der Waals surface area contributed by atoms with Crippen LogP contribution in [0.5, 0.6) is 0 Å². The van der Waals surface area contributed by atoms with Gasteiger partial charge in [0.15, 0.2) is 0 Å². The summed E-state index contributed by atoms with van der Waals surface area (Å²) in [6.45, 7) is 17.9. The molecular weight excluding hydrogens is 246 g/mol. The summed E-state index contributed by atoms with van der Waals surface area (Å²) in [7, 11) is 0. The van der Waals surface area contributed by atoms with Crippen LogP contribution in [0.1, 0.15) is 53.4 Å². The topological polar surface area (TPSA) is 18.5 Å². The first kappa shape index (κ1) is 17.9. The molecule has 3 nitrogen and oxygen atoms in total. The van der Waals surface area contributed by atoms with Crippen molar-refractivity contribution in [3.8, 4) is 0 Å². The van der Waals surface area contributed by atoms with E-state index in [2.05, 4.69) is 42.8 Å². The highest BCUT2D eigenvalue weighted by Crippen LogP contribution is 2.19. The lowest BCUT2D eigenvalue weighted by molar-refractivity contribution is 0.149. The quantitative estimate of drug-likeness (QED) is 0.665. The van der Waals surface area contributed by atoms with E-state index in [1.54, 1.807) is 0 Å². The molecule has 0 bridgehead atoms. The number of rotatable bonds is 10. The van der Waals surface area contributed by atoms with Crippen molar-refractivity contribution in [3.05, 3.63) is 0 Å². The van der Waals surface area contributed by atoms with Gasteiger partial charge in [-0.25, -0.2) is 0 Å². The minimum absolute atomic E-state index is 0.662. The number of piperidine rings is 1. The normalized spacial score (nSPS) is 22.4. The van der Waals surface area contributed by atoms with Gasteiger partial charge in [0.2, 0.25) is 0 Å². The Morgan fingerprint density at radius 3 is 2.65 bits per heavy atom. The van der Waals surface area contributed by atoms with Crippen molar-refractivity contribution in [1.82, 2.24) is 15.1 Å². The van der Waals surface area contributed by atoms with Crippen molar-refractivity contribution in [3.63, 3.8) is 0 Å². The Hall–Kier alpha value is -0.120. The fourth-order valence-corrected chi connectivity index (χ4v) is 3.38. The van der Waals surface area contributed by atoms with Gasteiger partial charge in [-0.1, -0.05) is 20.8 Å². The van der Waals surface area contributed by atoms with Crippen molar-refractivity contribution in [2.45, 2.75) is 59.4 Å². The molecule has 1 aliphatic heterocycles. The zero-order chi connectivity index (χ0) is 14.8. The minimum atomic E-state index is 0.662. The molecule has 1 saturated heterocycles. The SMILES string of the molecule is CCCN(CC)CCNC(C)C1CCCN(CCC)C1. The van der Waals surface area contributed by atoms with Crippen LogP contribution in [0.25, 0.3) is 0 Å². The summed E-state index contributed by atoms with van der Waals surface area (Å²) in [4.78, 5) is 5.20. The number of nitrogens with one attached hydrogen (secondary N) is 1. The maximum absolute atomic E-state index is 3.77. The van der Waals surface area contributed by atoms with Crippen LogP contribution < -0.4 is 5.32 Å². The fourth-order valence-electron chi connectivity index (χ4n) is 3.38. The average molecular weight is 284 g/mol. The predicted octanol–water partition coefficient (Wildman–Crippen LogP) is 2.82. The zero-order valence-corrected chi connectivity index (χ0v) is 14.3. The third-order valence-corrected chi connectivity index (χ3v) is 4.67. The molecule has 3 heteroatoms. The summed E-state index contributed by atoms with van der Waals surface area (Å²) >= 11 is 0. The molecule has 1 N–H and O–H groups in total. The molecule has 0 spiro atoms. The number of hydrogen-bond donors (Lipinski definition) is 1. The van der Waals surface area contributed by atoms with Crippen molar-refractivity contribution in [2.75, 3.05) is 45.8 Å². The van der Waals surface area contributed by atoms with Crippen LogP contribution in [0.4, 0.5) is 0 Å². The van der Waals surface area contributed by atoms with E-state index < -0.39 is 0 Å². The van der Waals surface area contributed by atoms with Gasteiger partial charge >= 0.3 is 0 Å². The molecule has 0 aromatic rings. The van der Waals surface area contributed by atoms with E-state index >= 15 is 0 Å². The van der Waals surface area contributed by atoms with E-state index in [1.807, 2.05) is 0 Å². The van der Waals surface area contributed by atoms with Crippen LogP contribution >= 0.6 is 0 Å². The lowest BCUT2D eigenvalue weighted by atomic mass is 9.91. The van der Waals surface area contributed by atoms with Gasteiger partial charge < -0.3 is 15.1 Å². The van der Waals surface area contributed by atoms with Crippen LogP contribution in [0, 0.1) is 5.92 Å². The van der Waals surface area contributed by atoms with Crippen LogP contribution in [0.3, 0.4) is 0 Å². The molecule has 0 amide bonds. The van der Waals surface area contributed by atoms with E-state index in [-0.39, 0.29) is 0 Å². The van der Waals surface area contributed by atoms with Gasteiger partial charge in [0.1, 0.15) is 0 Å². The largest absolute Gasteiger partial charge is 0.313 e. The maximum Gasteiger partial charge on any atom is 0.0107 e. The third kappa shape index (κ3) is 6.55. The molecule has 2 unspecified atom stereocenters. The Morgan fingerprint density at radius 2 is 2.00 bits per heavy atom. The van der Waals surface area contributed by atoms with Gasteiger partial charge in [0.05, 0.1) is 0 Å². The molecule has 0 saturated carbocycles. The van der Waals surface area contributed by atoms with Gasteiger partial charge in [-0.05, 0) is 64.7 Å². The Kier molecular flexibility index (Phi) is 9.49. The lowest BCUT2D eigenvalue weighted by Gasteiger charge is -2.36. The summed E-state index contributed by atoms with van der Waals surface area (Å²) in [5.41, 5.74) is 0. The number of likely N-dealkylation sites (tertiary alicyclic amines) is 1. The summed E-state index contributed by atoms with van der Waals surface area (Å²) in [6, 6.07) is 0.662. The predicted molar refractivity (Wildman–Crippen MR) is 89.3 cm³/mol. The van der Waals surface area contributed by atoms with Crippen molar-refractivity contribution in [1.29, 1.82) is 0 Å².